The van der Waals surface area contributed by atoms with Gasteiger partial charge in [0.05, 0.1) is 13.2 Å². The summed E-state index contributed by atoms with van der Waals surface area (Å²) in [6.07, 6.45) is 1.13. The summed E-state index contributed by atoms with van der Waals surface area (Å²) in [6.45, 7) is 12.8. The summed E-state index contributed by atoms with van der Waals surface area (Å²) in [5, 5.41) is 3.38. The first-order valence-electron chi connectivity index (χ1n) is 10.3. The molecule has 0 saturated carbocycles. The maximum absolute atomic E-state index is 11.6. The van der Waals surface area contributed by atoms with E-state index in [1.54, 1.807) is 6.92 Å². The molecule has 0 bridgehead atoms. The van der Waals surface area contributed by atoms with Crippen molar-refractivity contribution in [2.45, 2.75) is 46.8 Å². The van der Waals surface area contributed by atoms with Crippen LogP contribution < -0.4 is 14.8 Å². The molecule has 0 spiro atoms. The Morgan fingerprint density at radius 1 is 1.24 bits per heavy atom. The lowest BCUT2D eigenvalue weighted by molar-refractivity contribution is -0.130. The third-order valence-corrected chi connectivity index (χ3v) is 5.14. The van der Waals surface area contributed by atoms with Crippen LogP contribution in [0.15, 0.2) is 17.1 Å². The summed E-state index contributed by atoms with van der Waals surface area (Å²) in [5.74, 6) is 2.85. The largest absolute Gasteiger partial charge is 0.494 e. The molecule has 0 radical (unpaired) electrons. The molecule has 1 amide bonds. The second-order valence-corrected chi connectivity index (χ2v) is 7.30. The molecule has 1 unspecified atom stereocenters. The molecular formula is C21H33IN4O3. The van der Waals surface area contributed by atoms with Gasteiger partial charge in [-0.1, -0.05) is 0 Å². The average molecular weight is 516 g/mol. The van der Waals surface area contributed by atoms with Crippen LogP contribution in [0.4, 0.5) is 0 Å². The Hall–Kier alpha value is -1.71. The van der Waals surface area contributed by atoms with Crippen molar-refractivity contribution < 1.29 is 14.3 Å². The zero-order chi connectivity index (χ0) is 20.1. The fourth-order valence-electron chi connectivity index (χ4n) is 3.71. The van der Waals surface area contributed by atoms with Crippen molar-refractivity contribution in [2.24, 2.45) is 4.99 Å². The average Bonchev–Trinajstić information content (AvgIpc) is 3.04. The summed E-state index contributed by atoms with van der Waals surface area (Å²) in [6, 6.07) is 4.18. The van der Waals surface area contributed by atoms with Gasteiger partial charge in [-0.3, -0.25) is 4.79 Å². The number of guanidine groups is 1. The first-order valence-corrected chi connectivity index (χ1v) is 10.3. The molecule has 1 saturated heterocycles. The van der Waals surface area contributed by atoms with E-state index in [9.17, 15) is 4.79 Å². The van der Waals surface area contributed by atoms with E-state index in [0.29, 0.717) is 13.2 Å². The van der Waals surface area contributed by atoms with E-state index >= 15 is 0 Å². The molecule has 2 heterocycles. The number of carbonyl (C=O) groups is 1. The number of amides is 1. The first kappa shape index (κ1) is 23.6. The predicted octanol–water partition coefficient (Wildman–Crippen LogP) is 2.66. The van der Waals surface area contributed by atoms with Gasteiger partial charge in [-0.15, -0.1) is 24.0 Å². The van der Waals surface area contributed by atoms with Crippen molar-refractivity contribution in [3.05, 3.63) is 23.3 Å². The highest BCUT2D eigenvalue weighted by molar-refractivity contribution is 14.0. The van der Waals surface area contributed by atoms with Gasteiger partial charge in [0, 0.05) is 57.2 Å². The van der Waals surface area contributed by atoms with Crippen LogP contribution >= 0.6 is 24.0 Å². The first-order chi connectivity index (χ1) is 13.5. The molecule has 1 aromatic rings. The van der Waals surface area contributed by atoms with Gasteiger partial charge in [0.15, 0.2) is 5.96 Å². The second-order valence-electron chi connectivity index (χ2n) is 7.30. The number of hydrogen-bond acceptors (Lipinski definition) is 4. The topological polar surface area (TPSA) is 66.4 Å². The summed E-state index contributed by atoms with van der Waals surface area (Å²) in [4.78, 5) is 20.5. The van der Waals surface area contributed by atoms with Crippen LogP contribution in [-0.4, -0.2) is 67.1 Å². The molecule has 1 fully saturated rings. The maximum Gasteiger partial charge on any atom is 0.219 e. The summed E-state index contributed by atoms with van der Waals surface area (Å²) in [5.41, 5.74) is 2.24. The maximum atomic E-state index is 11.6. The molecule has 0 aromatic heterocycles. The lowest BCUT2D eigenvalue weighted by atomic mass is 10.1. The summed E-state index contributed by atoms with van der Waals surface area (Å²) in [7, 11) is 0. The van der Waals surface area contributed by atoms with Gasteiger partial charge >= 0.3 is 0 Å². The molecule has 7 nitrogen and oxygen atoms in total. The minimum Gasteiger partial charge on any atom is -0.494 e. The van der Waals surface area contributed by atoms with Gasteiger partial charge in [-0.25, -0.2) is 4.99 Å². The lowest BCUT2D eigenvalue weighted by Crippen LogP contribution is -2.53. The van der Waals surface area contributed by atoms with E-state index in [2.05, 4.69) is 36.2 Å². The highest BCUT2D eigenvalue weighted by Crippen LogP contribution is 2.35. The number of carbonyl (C=O) groups excluding carboxylic acids is 1. The van der Waals surface area contributed by atoms with E-state index in [0.717, 1.165) is 62.2 Å². The fourth-order valence-corrected chi connectivity index (χ4v) is 3.71. The Morgan fingerprint density at radius 2 is 1.93 bits per heavy atom. The third-order valence-electron chi connectivity index (χ3n) is 5.14. The van der Waals surface area contributed by atoms with Crippen LogP contribution in [0.2, 0.25) is 0 Å². The van der Waals surface area contributed by atoms with Gasteiger partial charge in [-0.2, -0.15) is 0 Å². The predicted molar refractivity (Wildman–Crippen MR) is 125 cm³/mol. The van der Waals surface area contributed by atoms with Crippen molar-refractivity contribution in [1.29, 1.82) is 0 Å². The van der Waals surface area contributed by atoms with Gasteiger partial charge in [0.2, 0.25) is 5.91 Å². The molecule has 29 heavy (non-hydrogen) atoms. The summed E-state index contributed by atoms with van der Waals surface area (Å²) < 4.78 is 11.8. The van der Waals surface area contributed by atoms with Gasteiger partial charge in [0.1, 0.15) is 17.6 Å². The standard InChI is InChI=1S/C21H32N4O3.HI/c1-5-22-21(25-9-7-24(8-10-25)16(4)26)23-14-18-13-20-17(11-15(3)28-20)12-19(18)27-6-2;/h12-13,15H,5-11,14H2,1-4H3,(H,22,23);1H. The molecular weight excluding hydrogens is 483 g/mol. The highest BCUT2D eigenvalue weighted by Gasteiger charge is 2.23. The van der Waals surface area contributed by atoms with Crippen LogP contribution in [0.5, 0.6) is 11.5 Å². The number of hydrogen-bond donors (Lipinski definition) is 1. The number of aliphatic imine (C=N–C) groups is 1. The smallest absolute Gasteiger partial charge is 0.219 e. The Kier molecular flexibility index (Phi) is 8.85. The Labute approximate surface area is 190 Å². The zero-order valence-electron chi connectivity index (χ0n) is 17.9. The van der Waals surface area contributed by atoms with Crippen LogP contribution in [0.25, 0.3) is 0 Å². The molecule has 1 aromatic carbocycles. The SMILES string of the molecule is CCNC(=NCc1cc2c(cc1OCC)CC(C)O2)N1CCN(C(C)=O)CC1.I. The van der Waals surface area contributed by atoms with E-state index in [-0.39, 0.29) is 36.0 Å². The molecule has 1 N–H and O–H groups in total. The molecule has 3 rings (SSSR count). The zero-order valence-corrected chi connectivity index (χ0v) is 20.2. The molecule has 2 aliphatic heterocycles. The fraction of sp³-hybridized carbons (Fsp3) is 0.619. The molecule has 1 atom stereocenters. The van der Waals surface area contributed by atoms with Crippen LogP contribution in [0, 0.1) is 0 Å². The van der Waals surface area contributed by atoms with Crippen molar-refractivity contribution >= 4 is 35.8 Å². The van der Waals surface area contributed by atoms with Gasteiger partial charge in [0.25, 0.3) is 0 Å². The van der Waals surface area contributed by atoms with Crippen LogP contribution in [0.1, 0.15) is 38.8 Å². The number of piperazine rings is 1. The molecule has 0 aliphatic carbocycles. The van der Waals surface area contributed by atoms with E-state index < -0.39 is 0 Å². The Bertz CT molecular complexity index is 733. The van der Waals surface area contributed by atoms with Crippen LogP contribution in [-0.2, 0) is 17.8 Å². The summed E-state index contributed by atoms with van der Waals surface area (Å²) >= 11 is 0. The van der Waals surface area contributed by atoms with E-state index in [1.165, 1.54) is 5.56 Å². The Morgan fingerprint density at radius 3 is 2.55 bits per heavy atom. The van der Waals surface area contributed by atoms with Crippen molar-refractivity contribution in [2.75, 3.05) is 39.3 Å². The monoisotopic (exact) mass is 516 g/mol. The minimum absolute atomic E-state index is 0. The number of fused-ring (bicyclic) bond motifs is 1. The molecule has 162 valence electrons. The van der Waals surface area contributed by atoms with Crippen LogP contribution in [0.3, 0.4) is 0 Å². The van der Waals surface area contributed by atoms with E-state index in [4.69, 9.17) is 14.5 Å². The van der Waals surface area contributed by atoms with Gasteiger partial charge < -0.3 is 24.6 Å². The van der Waals surface area contributed by atoms with E-state index in [1.807, 2.05) is 11.8 Å². The highest BCUT2D eigenvalue weighted by atomic mass is 127. The van der Waals surface area contributed by atoms with Crippen molar-refractivity contribution in [3.63, 3.8) is 0 Å². The quantitative estimate of drug-likeness (QED) is 0.371. The molecule has 8 heteroatoms. The minimum atomic E-state index is 0. The third kappa shape index (κ3) is 5.90. The number of nitrogens with zero attached hydrogens (tertiary/aromatic N) is 3. The van der Waals surface area contributed by atoms with Crippen molar-refractivity contribution in [1.82, 2.24) is 15.1 Å². The van der Waals surface area contributed by atoms with Gasteiger partial charge in [-0.05, 0) is 32.9 Å². The lowest BCUT2D eigenvalue weighted by Gasteiger charge is -2.36. The number of rotatable bonds is 5. The number of halogens is 1. The number of ether oxygens (including phenoxy) is 2. The molecule has 2 aliphatic rings. The van der Waals surface area contributed by atoms with Crippen molar-refractivity contribution in [3.8, 4) is 11.5 Å². The number of nitrogens with one attached hydrogen (secondary N) is 1. The number of benzene rings is 1. The Balaban J connectivity index is 0.00000300. The normalized spacial score (nSPS) is 18.6. The second kappa shape index (κ2) is 10.9.